The van der Waals surface area contributed by atoms with Gasteiger partial charge in [-0.2, -0.15) is 29.0 Å². The molecule has 3 aromatic rings. The Kier molecular flexibility index (Phi) is 11.6. The highest BCUT2D eigenvalue weighted by Gasteiger charge is 2.61. The highest BCUT2D eigenvalue weighted by atomic mass is 32.2. The van der Waals surface area contributed by atoms with Crippen LogP contribution < -0.4 is 0 Å². The molecule has 0 aromatic heterocycles. The lowest BCUT2D eigenvalue weighted by atomic mass is 9.48. The van der Waals surface area contributed by atoms with Crippen molar-refractivity contribution in [1.82, 2.24) is 0 Å². The molecule has 264 valence electrons. The molecule has 4 bridgehead atoms. The first kappa shape index (κ1) is 37.5. The summed E-state index contributed by atoms with van der Waals surface area (Å²) >= 11 is 7.61. The van der Waals surface area contributed by atoms with Crippen molar-refractivity contribution in [2.75, 3.05) is 12.4 Å². The van der Waals surface area contributed by atoms with E-state index in [0.717, 1.165) is 33.9 Å². The Hall–Kier alpha value is -2.77. The van der Waals surface area contributed by atoms with E-state index in [1.165, 1.54) is 16.7 Å². The molecule has 0 amide bonds. The molecule has 4 aliphatic carbocycles. The Morgan fingerprint density at radius 2 is 1.51 bits per heavy atom. The molecule has 0 heterocycles. The molecule has 0 spiro atoms. The second-order valence-electron chi connectivity index (χ2n) is 13.5. The number of aliphatic hydroxyl groups is 1. The molecule has 2 N–H and O–H groups in total. The third kappa shape index (κ3) is 8.76. The van der Waals surface area contributed by atoms with Crippen molar-refractivity contribution in [3.63, 3.8) is 0 Å². The molecule has 12 heteroatoms. The summed E-state index contributed by atoms with van der Waals surface area (Å²) in [4.78, 5) is 13.4. The van der Waals surface area contributed by atoms with E-state index < -0.39 is 51.6 Å². The molecular formula is C37H41F3O6S3. The molecule has 7 rings (SSSR count). The van der Waals surface area contributed by atoms with Crippen LogP contribution in [0.2, 0.25) is 0 Å². The maximum absolute atomic E-state index is 13.4. The van der Waals surface area contributed by atoms with Crippen LogP contribution in [-0.2, 0) is 25.4 Å². The van der Waals surface area contributed by atoms with Gasteiger partial charge in [-0.15, -0.1) is 0 Å². The molecule has 49 heavy (non-hydrogen) atoms. The first-order valence-electron chi connectivity index (χ1n) is 16.4. The maximum Gasteiger partial charge on any atom is 0.400 e. The van der Waals surface area contributed by atoms with Crippen molar-refractivity contribution in [2.45, 2.75) is 74.6 Å². The number of esters is 1. The van der Waals surface area contributed by atoms with Gasteiger partial charge in [-0.3, -0.25) is 9.35 Å². The first-order chi connectivity index (χ1) is 23.1. The predicted octanol–water partition coefficient (Wildman–Crippen LogP) is 8.44. The lowest BCUT2D eigenvalue weighted by Gasteiger charge is -2.58. The quantitative estimate of drug-likeness (QED) is 0.0828. The number of rotatable bonds is 12. The number of carbonyl (C=O) groups is 1. The molecule has 3 unspecified atom stereocenters. The average Bonchev–Trinajstić information content (AvgIpc) is 3.06. The third-order valence-electron chi connectivity index (χ3n) is 9.72. The SMILES string of the molecule is CCSCc1ccc(C(=S)c2ccc(-c3ccccc3)cc2)cc1.O=C(OCCC(F)C(F)(F)S(=O)(=O)O)C12CC3CC(CC(O)(C3)C1)C2. The van der Waals surface area contributed by atoms with Crippen molar-refractivity contribution < 1.29 is 40.8 Å². The van der Waals surface area contributed by atoms with E-state index in [1.807, 2.05) is 17.8 Å². The summed E-state index contributed by atoms with van der Waals surface area (Å²) in [6.45, 7) is 1.47. The van der Waals surface area contributed by atoms with Crippen LogP contribution in [-0.4, -0.2) is 58.3 Å². The minimum atomic E-state index is -5.88. The van der Waals surface area contributed by atoms with Crippen LogP contribution in [0.3, 0.4) is 0 Å². The molecule has 0 radical (unpaired) electrons. The monoisotopic (exact) mass is 734 g/mol. The number of thioether (sulfide) groups is 1. The Bertz CT molecular complexity index is 1700. The zero-order chi connectivity index (χ0) is 35.5. The van der Waals surface area contributed by atoms with Gasteiger partial charge in [-0.25, -0.2) is 4.39 Å². The predicted molar refractivity (Wildman–Crippen MR) is 190 cm³/mol. The zero-order valence-corrected chi connectivity index (χ0v) is 29.6. The van der Waals surface area contributed by atoms with Gasteiger partial charge in [0.15, 0.2) is 6.17 Å². The smallest absolute Gasteiger partial charge is 0.400 e. The Morgan fingerprint density at radius 1 is 0.959 bits per heavy atom. The van der Waals surface area contributed by atoms with Gasteiger partial charge in [0.1, 0.15) is 0 Å². The second kappa shape index (κ2) is 15.2. The van der Waals surface area contributed by atoms with Gasteiger partial charge < -0.3 is 9.84 Å². The minimum Gasteiger partial charge on any atom is -0.465 e. The fourth-order valence-corrected chi connectivity index (χ4v) is 9.12. The first-order valence-corrected chi connectivity index (χ1v) is 19.4. The number of carbonyl (C=O) groups excluding carboxylic acids is 1. The van der Waals surface area contributed by atoms with Gasteiger partial charge in [0.05, 0.1) is 22.5 Å². The van der Waals surface area contributed by atoms with Crippen LogP contribution in [0.15, 0.2) is 78.9 Å². The standard InChI is InChI=1S/C22H20S2.C15H21F3O6S/c1-2-24-16-17-8-10-20(11-9-17)22(23)21-14-12-19(13-15-21)18-6-4-3-5-7-18;16-11(15(17,18)25(21,22)23)1-2-24-12(19)13-4-9-3-10(5-13)7-14(20,6-9)8-13/h3-15H,2,16H2,1H3;9-11,20H,1-8H2,(H,21,22,23). The summed E-state index contributed by atoms with van der Waals surface area (Å²) in [5, 5.41) is 5.62. The van der Waals surface area contributed by atoms with E-state index in [-0.39, 0.29) is 18.3 Å². The molecule has 3 atom stereocenters. The summed E-state index contributed by atoms with van der Waals surface area (Å²) < 4.78 is 74.0. The number of hydrogen-bond acceptors (Lipinski definition) is 7. The molecule has 3 aromatic carbocycles. The number of thiocarbonyl (C=S) groups is 1. The van der Waals surface area contributed by atoms with Crippen LogP contribution in [0.5, 0.6) is 0 Å². The highest BCUT2D eigenvalue weighted by molar-refractivity contribution is 7.98. The summed E-state index contributed by atoms with van der Waals surface area (Å²) in [6, 6.07) is 27.6. The van der Waals surface area contributed by atoms with E-state index in [4.69, 9.17) is 21.5 Å². The topological polar surface area (TPSA) is 101 Å². The van der Waals surface area contributed by atoms with Crippen LogP contribution in [0.1, 0.15) is 68.6 Å². The van der Waals surface area contributed by atoms with Gasteiger partial charge in [0, 0.05) is 12.2 Å². The molecule has 4 fully saturated rings. The lowest BCUT2D eigenvalue weighted by molar-refractivity contribution is -0.196. The summed E-state index contributed by atoms with van der Waals surface area (Å²) in [6.07, 6.45) is -0.620. The molecular weight excluding hydrogens is 694 g/mol. The molecule has 0 aliphatic heterocycles. The van der Waals surface area contributed by atoms with Crippen molar-refractivity contribution in [3.05, 3.63) is 95.6 Å². The van der Waals surface area contributed by atoms with Gasteiger partial charge in [0.25, 0.3) is 0 Å². The van der Waals surface area contributed by atoms with E-state index in [0.29, 0.717) is 25.7 Å². The van der Waals surface area contributed by atoms with Crippen LogP contribution in [0.25, 0.3) is 11.1 Å². The zero-order valence-electron chi connectivity index (χ0n) is 27.2. The van der Waals surface area contributed by atoms with Crippen molar-refractivity contribution in [1.29, 1.82) is 0 Å². The molecule has 0 saturated heterocycles. The number of alkyl halides is 3. The van der Waals surface area contributed by atoms with E-state index in [1.54, 1.807) is 0 Å². The van der Waals surface area contributed by atoms with Gasteiger partial charge in [-0.05, 0) is 83.9 Å². The molecule has 4 aliphatic rings. The highest BCUT2D eigenvalue weighted by Crippen LogP contribution is 2.62. The van der Waals surface area contributed by atoms with Crippen molar-refractivity contribution >= 4 is 44.9 Å². The second-order valence-corrected chi connectivity index (χ2v) is 16.7. The van der Waals surface area contributed by atoms with Gasteiger partial charge in [0.2, 0.25) is 0 Å². The lowest BCUT2D eigenvalue weighted by Crippen LogP contribution is -2.58. The molecule has 4 saturated carbocycles. The van der Waals surface area contributed by atoms with E-state index in [9.17, 15) is 31.5 Å². The largest absolute Gasteiger partial charge is 0.465 e. The normalized spacial score (nSPS) is 24.9. The fraction of sp³-hybridized carbons (Fsp3) is 0.459. The van der Waals surface area contributed by atoms with Crippen molar-refractivity contribution in [3.8, 4) is 11.1 Å². The van der Waals surface area contributed by atoms with Crippen molar-refractivity contribution in [2.24, 2.45) is 17.3 Å². The summed E-state index contributed by atoms with van der Waals surface area (Å²) in [7, 11) is -5.88. The average molecular weight is 735 g/mol. The summed E-state index contributed by atoms with van der Waals surface area (Å²) in [5.74, 6) is 2.00. The fourth-order valence-electron chi connectivity index (χ4n) is 7.77. The maximum atomic E-state index is 13.4. The Labute approximate surface area is 295 Å². The minimum absolute atomic E-state index is 0.219. The number of benzene rings is 3. The molecule has 6 nitrogen and oxygen atoms in total. The third-order valence-corrected chi connectivity index (χ3v) is 12.1. The van der Waals surface area contributed by atoms with Crippen LogP contribution in [0.4, 0.5) is 13.2 Å². The van der Waals surface area contributed by atoms with E-state index >= 15 is 0 Å². The van der Waals surface area contributed by atoms with Crippen LogP contribution in [0, 0.1) is 17.3 Å². The number of hydrogen-bond donors (Lipinski definition) is 2. The van der Waals surface area contributed by atoms with E-state index in [2.05, 4.69) is 79.7 Å². The van der Waals surface area contributed by atoms with Gasteiger partial charge >= 0.3 is 21.3 Å². The van der Waals surface area contributed by atoms with Crippen LogP contribution >= 0.6 is 24.0 Å². The Balaban J connectivity index is 0.000000191. The summed E-state index contributed by atoms with van der Waals surface area (Å²) in [5.41, 5.74) is 4.25. The number of halogens is 3. The number of ether oxygens (including phenoxy) is 1. The Morgan fingerprint density at radius 3 is 2.04 bits per heavy atom. The van der Waals surface area contributed by atoms with Gasteiger partial charge in [-0.1, -0.05) is 98.0 Å².